The van der Waals surface area contributed by atoms with Gasteiger partial charge in [0.05, 0.1) is 17.6 Å². The van der Waals surface area contributed by atoms with Gasteiger partial charge in [-0.3, -0.25) is 14.9 Å². The van der Waals surface area contributed by atoms with Crippen molar-refractivity contribution in [1.82, 2.24) is 5.32 Å². The molecule has 0 aliphatic carbocycles. The number of aromatic nitrogens is 2. The van der Waals surface area contributed by atoms with E-state index in [1.807, 2.05) is 23.2 Å². The lowest BCUT2D eigenvalue weighted by molar-refractivity contribution is -0.671. The maximum absolute atomic E-state index is 11.3. The number of aliphatic hydroxyl groups excluding tert-OH is 2. The highest BCUT2D eigenvalue weighted by molar-refractivity contribution is 6.53. The number of rotatable bonds is 7. The molecule has 1 amide bonds. The fraction of sp³-hybridized carbons (Fsp3) is 0.261. The number of pyridine rings is 2. The molecule has 0 saturated heterocycles. The summed E-state index contributed by atoms with van der Waals surface area (Å²) in [4.78, 5) is 19.9. The number of hydrogen-bond acceptors (Lipinski definition) is 5. The van der Waals surface area contributed by atoms with Crippen LogP contribution in [0.2, 0.25) is 0 Å². The number of carbonyl (C=O) groups is 1. The number of aryl methyl sites for hydroxylation is 2. The SMILES string of the molecule is C[n+]1ccc(-c2cc[n+](C)cc2)cc1.O=C(N[C@H](CO)[C@H](O)c1ccc([N+](=O)[O-])cc1)C(Cl)Cl. The Hall–Kier alpha value is -3.11. The molecule has 180 valence electrons. The number of alkyl halides is 2. The lowest BCUT2D eigenvalue weighted by Crippen LogP contribution is -2.44. The molecule has 0 spiro atoms. The lowest BCUT2D eigenvalue weighted by Gasteiger charge is -2.22. The van der Waals surface area contributed by atoms with Crippen LogP contribution < -0.4 is 14.5 Å². The van der Waals surface area contributed by atoms with Crippen LogP contribution in [0.3, 0.4) is 0 Å². The van der Waals surface area contributed by atoms with E-state index >= 15 is 0 Å². The Morgan fingerprint density at radius 1 is 0.971 bits per heavy atom. The number of carbonyl (C=O) groups excluding carboxylic acids is 1. The fourth-order valence-electron chi connectivity index (χ4n) is 2.88. The van der Waals surface area contributed by atoms with Crippen LogP contribution in [0.1, 0.15) is 11.7 Å². The van der Waals surface area contributed by atoms with Gasteiger partial charge in [0.2, 0.25) is 0 Å². The number of benzene rings is 1. The summed E-state index contributed by atoms with van der Waals surface area (Å²) in [6.45, 7) is -0.551. The minimum Gasteiger partial charge on any atom is -0.394 e. The van der Waals surface area contributed by atoms with Gasteiger partial charge in [-0.15, -0.1) is 0 Å². The standard InChI is InChI=1S/C12H14N2.C11H12Cl2N2O5/c1-13-7-3-11(4-8-13)12-5-9-14(2)10-6-12;12-10(13)11(18)14-8(5-16)9(17)6-1-3-7(4-2-6)15(19)20/h3-10H,1-2H3;1-4,8-10,16-17H,5H2,(H,14,18)/q+2;/t;8-,9-/m.1/s1. The van der Waals surface area contributed by atoms with Crippen molar-refractivity contribution in [2.45, 2.75) is 17.0 Å². The Bertz CT molecular complexity index is 1030. The van der Waals surface area contributed by atoms with Crippen molar-refractivity contribution in [3.8, 4) is 11.1 Å². The van der Waals surface area contributed by atoms with Gasteiger partial charge in [-0.25, -0.2) is 9.13 Å². The molecule has 0 bridgehead atoms. The molecule has 2 aromatic heterocycles. The van der Waals surface area contributed by atoms with E-state index in [9.17, 15) is 20.0 Å². The fourth-order valence-corrected chi connectivity index (χ4v) is 3.01. The van der Waals surface area contributed by atoms with Crippen molar-refractivity contribution >= 4 is 34.8 Å². The minimum atomic E-state index is -1.33. The molecule has 0 radical (unpaired) electrons. The topological polar surface area (TPSA) is 120 Å². The van der Waals surface area contributed by atoms with Crippen LogP contribution in [-0.4, -0.2) is 38.5 Å². The molecule has 1 aromatic carbocycles. The quantitative estimate of drug-likeness (QED) is 0.195. The van der Waals surface area contributed by atoms with Gasteiger partial charge >= 0.3 is 0 Å². The summed E-state index contributed by atoms with van der Waals surface area (Å²) >= 11 is 10.7. The molecule has 9 nitrogen and oxygen atoms in total. The van der Waals surface area contributed by atoms with Gasteiger partial charge in [0.1, 0.15) is 20.2 Å². The smallest absolute Gasteiger partial charge is 0.269 e. The maximum atomic E-state index is 11.3. The van der Waals surface area contributed by atoms with Gasteiger partial charge in [0.25, 0.3) is 11.6 Å². The molecular weight excluding hydrogens is 483 g/mol. The molecule has 2 heterocycles. The predicted octanol–water partition coefficient (Wildman–Crippen LogP) is 1.91. The summed E-state index contributed by atoms with van der Waals surface area (Å²) in [5, 5.41) is 31.9. The van der Waals surface area contributed by atoms with E-state index in [4.69, 9.17) is 28.3 Å². The molecular formula is C23H26Cl2N4O5+2. The molecule has 0 aliphatic rings. The lowest BCUT2D eigenvalue weighted by atomic mass is 10.0. The van der Waals surface area contributed by atoms with Crippen LogP contribution in [0, 0.1) is 10.1 Å². The third-order valence-electron chi connectivity index (χ3n) is 4.84. The van der Waals surface area contributed by atoms with Crippen LogP contribution in [-0.2, 0) is 18.9 Å². The summed E-state index contributed by atoms with van der Waals surface area (Å²) in [5.74, 6) is -0.756. The second kappa shape index (κ2) is 13.0. The van der Waals surface area contributed by atoms with Gasteiger partial charge in [-0.05, 0) is 28.8 Å². The van der Waals surface area contributed by atoms with Crippen molar-refractivity contribution in [1.29, 1.82) is 0 Å². The zero-order chi connectivity index (χ0) is 25.3. The van der Waals surface area contributed by atoms with E-state index < -0.39 is 34.4 Å². The van der Waals surface area contributed by atoms with Crippen LogP contribution in [0.25, 0.3) is 11.1 Å². The molecule has 0 saturated carbocycles. The summed E-state index contributed by atoms with van der Waals surface area (Å²) in [5.41, 5.74) is 2.68. The first kappa shape index (κ1) is 27.1. The number of hydrogen-bond donors (Lipinski definition) is 3. The van der Waals surface area contributed by atoms with Gasteiger partial charge in [0.15, 0.2) is 29.6 Å². The molecule has 0 fully saturated rings. The Kier molecular flexibility index (Phi) is 10.3. The summed E-state index contributed by atoms with van der Waals surface area (Å²) in [6.07, 6.45) is 6.98. The number of nitro benzene ring substituents is 1. The van der Waals surface area contributed by atoms with Crippen molar-refractivity contribution < 1.29 is 29.1 Å². The van der Waals surface area contributed by atoms with Crippen LogP contribution in [0.5, 0.6) is 0 Å². The predicted molar refractivity (Wildman–Crippen MR) is 127 cm³/mol. The number of nitro groups is 1. The third-order valence-corrected chi connectivity index (χ3v) is 5.24. The van der Waals surface area contributed by atoms with E-state index in [1.54, 1.807) is 0 Å². The monoisotopic (exact) mass is 508 g/mol. The molecule has 3 aromatic rings. The van der Waals surface area contributed by atoms with E-state index in [2.05, 4.69) is 54.4 Å². The molecule has 3 rings (SSSR count). The second-order valence-electron chi connectivity index (χ2n) is 7.40. The van der Waals surface area contributed by atoms with Gasteiger partial charge in [0, 0.05) is 36.4 Å². The van der Waals surface area contributed by atoms with Crippen LogP contribution >= 0.6 is 23.2 Å². The number of amides is 1. The number of nitrogens with zero attached hydrogens (tertiary/aromatic N) is 3. The largest absolute Gasteiger partial charge is 0.394 e. The summed E-state index contributed by atoms with van der Waals surface area (Å²) in [6, 6.07) is 12.5. The Morgan fingerprint density at radius 3 is 1.76 bits per heavy atom. The Labute approximate surface area is 207 Å². The Balaban J connectivity index is 0.000000254. The first-order valence-corrected chi connectivity index (χ1v) is 11.0. The van der Waals surface area contributed by atoms with Crippen molar-refractivity contribution in [3.63, 3.8) is 0 Å². The molecule has 3 N–H and O–H groups in total. The first-order chi connectivity index (χ1) is 16.1. The van der Waals surface area contributed by atoms with Crippen molar-refractivity contribution in [2.75, 3.05) is 6.61 Å². The van der Waals surface area contributed by atoms with E-state index in [0.717, 1.165) is 0 Å². The van der Waals surface area contributed by atoms with E-state index in [1.165, 1.54) is 35.4 Å². The minimum absolute atomic E-state index is 0.132. The van der Waals surface area contributed by atoms with Gasteiger partial charge in [-0.1, -0.05) is 23.2 Å². The summed E-state index contributed by atoms with van der Waals surface area (Å²) < 4.78 is 4.07. The average molecular weight is 509 g/mol. The van der Waals surface area contributed by atoms with E-state index in [0.29, 0.717) is 5.56 Å². The first-order valence-electron chi connectivity index (χ1n) is 10.1. The molecule has 34 heavy (non-hydrogen) atoms. The molecule has 2 atom stereocenters. The number of nitrogens with one attached hydrogen (secondary N) is 1. The average Bonchev–Trinajstić information content (AvgIpc) is 2.83. The van der Waals surface area contributed by atoms with Crippen molar-refractivity contribution in [2.24, 2.45) is 14.1 Å². The molecule has 0 unspecified atom stereocenters. The number of non-ortho nitro benzene ring substituents is 1. The second-order valence-corrected chi connectivity index (χ2v) is 8.49. The normalized spacial score (nSPS) is 12.3. The zero-order valence-corrected chi connectivity index (χ0v) is 20.1. The highest BCUT2D eigenvalue weighted by atomic mass is 35.5. The van der Waals surface area contributed by atoms with Crippen LogP contribution in [0.4, 0.5) is 5.69 Å². The van der Waals surface area contributed by atoms with Gasteiger partial charge < -0.3 is 15.5 Å². The van der Waals surface area contributed by atoms with Gasteiger partial charge in [-0.2, -0.15) is 0 Å². The third kappa shape index (κ3) is 8.03. The summed E-state index contributed by atoms with van der Waals surface area (Å²) in [7, 11) is 4.05. The maximum Gasteiger partial charge on any atom is 0.269 e. The Morgan fingerprint density at radius 2 is 1.41 bits per heavy atom. The highest BCUT2D eigenvalue weighted by Gasteiger charge is 2.24. The van der Waals surface area contributed by atoms with E-state index in [-0.39, 0.29) is 5.69 Å². The zero-order valence-electron chi connectivity index (χ0n) is 18.6. The van der Waals surface area contributed by atoms with Crippen LogP contribution in [0.15, 0.2) is 73.3 Å². The number of halogens is 2. The molecule has 0 aliphatic heterocycles. The van der Waals surface area contributed by atoms with Crippen molar-refractivity contribution in [3.05, 3.63) is 89.0 Å². The highest BCUT2D eigenvalue weighted by Crippen LogP contribution is 2.21. The molecule has 11 heteroatoms. The number of aliphatic hydroxyl groups is 2.